The lowest BCUT2D eigenvalue weighted by atomic mass is 10.1. The van der Waals surface area contributed by atoms with Gasteiger partial charge in [-0.3, -0.25) is 4.79 Å². The lowest BCUT2D eigenvalue weighted by molar-refractivity contribution is -0.138. The fourth-order valence-electron chi connectivity index (χ4n) is 1.91. The molecule has 0 amide bonds. The highest BCUT2D eigenvalue weighted by Gasteiger charge is 2.10. The van der Waals surface area contributed by atoms with Gasteiger partial charge < -0.3 is 21.9 Å². The van der Waals surface area contributed by atoms with E-state index in [0.717, 1.165) is 13.0 Å². The van der Waals surface area contributed by atoms with Gasteiger partial charge in [-0.2, -0.15) is 0 Å². The van der Waals surface area contributed by atoms with Crippen molar-refractivity contribution in [2.75, 3.05) is 13.6 Å². The van der Waals surface area contributed by atoms with Gasteiger partial charge in [0.1, 0.15) is 6.04 Å². The van der Waals surface area contributed by atoms with Gasteiger partial charge in [-0.25, -0.2) is 0 Å². The van der Waals surface area contributed by atoms with Crippen LogP contribution >= 0.6 is 0 Å². The molecule has 1 heterocycles. The molecular formula is C13H27N3O2. The largest absolute Gasteiger partial charge is 0.480 e. The Kier molecular flexibility index (Phi) is 10.6. The summed E-state index contributed by atoms with van der Waals surface area (Å²) >= 11 is 0. The van der Waals surface area contributed by atoms with Crippen molar-refractivity contribution in [1.29, 1.82) is 0 Å². The molecule has 0 bridgehead atoms. The van der Waals surface area contributed by atoms with Gasteiger partial charge >= 0.3 is 5.97 Å². The Morgan fingerprint density at radius 3 is 2.78 bits per heavy atom. The van der Waals surface area contributed by atoms with Crippen molar-refractivity contribution < 1.29 is 9.90 Å². The van der Waals surface area contributed by atoms with Crippen molar-refractivity contribution in [2.45, 2.75) is 50.6 Å². The first-order chi connectivity index (χ1) is 8.70. The number of carbonyl (C=O) groups is 1. The van der Waals surface area contributed by atoms with E-state index in [-0.39, 0.29) is 0 Å². The van der Waals surface area contributed by atoms with Crippen molar-refractivity contribution in [3.05, 3.63) is 12.2 Å². The number of aliphatic carboxylic acids is 1. The van der Waals surface area contributed by atoms with Crippen LogP contribution in [-0.2, 0) is 4.79 Å². The van der Waals surface area contributed by atoms with Crippen LogP contribution in [0.1, 0.15) is 38.5 Å². The molecule has 0 spiro atoms. The second-order valence-electron chi connectivity index (χ2n) is 4.39. The molecule has 0 aromatic rings. The van der Waals surface area contributed by atoms with Gasteiger partial charge in [0.2, 0.25) is 0 Å². The van der Waals surface area contributed by atoms with Crippen molar-refractivity contribution in [1.82, 2.24) is 5.32 Å². The molecule has 5 nitrogen and oxygen atoms in total. The average Bonchev–Trinajstić information content (AvgIpc) is 2.65. The third-order valence-corrected chi connectivity index (χ3v) is 2.96. The zero-order chi connectivity index (χ0) is 13.8. The number of rotatable bonds is 5. The predicted octanol–water partition coefficient (Wildman–Crippen LogP) is 0.842. The quantitative estimate of drug-likeness (QED) is 0.547. The Balaban J connectivity index is 0.00000137. The molecule has 0 unspecified atom stereocenters. The van der Waals surface area contributed by atoms with Crippen LogP contribution in [0.25, 0.3) is 0 Å². The first-order valence-electron chi connectivity index (χ1n) is 6.64. The maximum absolute atomic E-state index is 10.5. The maximum atomic E-state index is 10.5. The van der Waals surface area contributed by atoms with Gasteiger partial charge in [-0.05, 0) is 39.3 Å². The zero-order valence-electron chi connectivity index (χ0n) is 11.3. The van der Waals surface area contributed by atoms with Crippen LogP contribution in [0.5, 0.6) is 0 Å². The van der Waals surface area contributed by atoms with E-state index in [1.807, 2.05) is 12.2 Å². The average molecular weight is 257 g/mol. The standard InChI is InChI=1S/C12H22N2O2.CH5N/c13-11(12(15)16)8-4-3-7-10-6-2-1-5-9-14-10;1-2/h3-4,10-11,14H,1-2,5-9,13H2,(H,15,16);2H2,1H3/b4-3-;/t10-,11+;/m1./s1. The van der Waals surface area contributed by atoms with Crippen LogP contribution in [0.4, 0.5) is 0 Å². The van der Waals surface area contributed by atoms with Gasteiger partial charge in [-0.1, -0.05) is 25.0 Å². The smallest absolute Gasteiger partial charge is 0.320 e. The van der Waals surface area contributed by atoms with E-state index >= 15 is 0 Å². The Morgan fingerprint density at radius 1 is 1.39 bits per heavy atom. The van der Waals surface area contributed by atoms with Crippen LogP contribution in [0, 0.1) is 0 Å². The first-order valence-corrected chi connectivity index (χ1v) is 6.64. The summed E-state index contributed by atoms with van der Waals surface area (Å²) in [7, 11) is 1.50. The van der Waals surface area contributed by atoms with Crippen LogP contribution in [-0.4, -0.2) is 36.8 Å². The molecule has 6 N–H and O–H groups in total. The maximum Gasteiger partial charge on any atom is 0.320 e. The van der Waals surface area contributed by atoms with Crippen molar-refractivity contribution in [3.8, 4) is 0 Å². The molecule has 0 radical (unpaired) electrons. The summed E-state index contributed by atoms with van der Waals surface area (Å²) in [4.78, 5) is 10.5. The number of nitrogens with two attached hydrogens (primary N) is 2. The lowest BCUT2D eigenvalue weighted by Crippen LogP contribution is -2.29. The van der Waals surface area contributed by atoms with Gasteiger partial charge in [0.25, 0.3) is 0 Å². The number of hydrogen-bond acceptors (Lipinski definition) is 4. The highest BCUT2D eigenvalue weighted by atomic mass is 16.4. The molecule has 1 saturated heterocycles. The minimum Gasteiger partial charge on any atom is -0.480 e. The highest BCUT2D eigenvalue weighted by molar-refractivity contribution is 5.73. The summed E-state index contributed by atoms with van der Waals surface area (Å²) in [5.41, 5.74) is 9.89. The molecule has 0 aromatic carbocycles. The highest BCUT2D eigenvalue weighted by Crippen LogP contribution is 2.11. The van der Waals surface area contributed by atoms with Gasteiger partial charge in [0.15, 0.2) is 0 Å². The monoisotopic (exact) mass is 257 g/mol. The van der Waals surface area contributed by atoms with Crippen LogP contribution in [0.15, 0.2) is 12.2 Å². The fourth-order valence-corrected chi connectivity index (χ4v) is 1.91. The third kappa shape index (κ3) is 8.22. The Morgan fingerprint density at radius 2 is 2.11 bits per heavy atom. The molecule has 0 aromatic heterocycles. The second-order valence-corrected chi connectivity index (χ2v) is 4.39. The molecule has 1 rings (SSSR count). The Labute approximate surface area is 110 Å². The summed E-state index contributed by atoms with van der Waals surface area (Å²) < 4.78 is 0. The number of hydrogen-bond donors (Lipinski definition) is 4. The van der Waals surface area contributed by atoms with Crippen LogP contribution in [0.2, 0.25) is 0 Å². The summed E-state index contributed by atoms with van der Waals surface area (Å²) in [6.45, 7) is 1.10. The zero-order valence-corrected chi connectivity index (χ0v) is 11.3. The number of carboxylic acids is 1. The minimum absolute atomic E-state index is 0.419. The van der Waals surface area contributed by atoms with Gasteiger partial charge in [0.05, 0.1) is 0 Å². The van der Waals surface area contributed by atoms with E-state index in [0.29, 0.717) is 12.5 Å². The lowest BCUT2D eigenvalue weighted by Gasteiger charge is -2.12. The molecule has 1 aliphatic heterocycles. The summed E-state index contributed by atoms with van der Waals surface area (Å²) in [5, 5.41) is 12.1. The van der Waals surface area contributed by atoms with E-state index in [4.69, 9.17) is 10.8 Å². The fraction of sp³-hybridized carbons (Fsp3) is 0.769. The molecule has 1 fully saturated rings. The van der Waals surface area contributed by atoms with Crippen molar-refractivity contribution >= 4 is 5.97 Å². The van der Waals surface area contributed by atoms with Gasteiger partial charge in [0, 0.05) is 6.04 Å². The SMILES string of the molecule is CN.N[C@@H](C/C=C\C[C@H]1CCCCCN1)C(=O)O. The number of carboxylic acid groups (broad SMARTS) is 1. The third-order valence-electron chi connectivity index (χ3n) is 2.96. The van der Waals surface area contributed by atoms with Gasteiger partial charge in [-0.15, -0.1) is 0 Å². The molecule has 0 saturated carbocycles. The van der Waals surface area contributed by atoms with Crippen LogP contribution in [0.3, 0.4) is 0 Å². The molecule has 0 aliphatic carbocycles. The summed E-state index contributed by atoms with van der Waals surface area (Å²) in [5.74, 6) is -0.933. The summed E-state index contributed by atoms with van der Waals surface area (Å²) in [6.07, 6.45) is 10.4. The molecule has 1 aliphatic rings. The van der Waals surface area contributed by atoms with E-state index in [1.54, 1.807) is 0 Å². The minimum atomic E-state index is -0.933. The van der Waals surface area contributed by atoms with E-state index in [1.165, 1.54) is 32.7 Å². The molecule has 5 heteroatoms. The molecule has 18 heavy (non-hydrogen) atoms. The van der Waals surface area contributed by atoms with Crippen molar-refractivity contribution in [2.24, 2.45) is 11.5 Å². The number of nitrogens with one attached hydrogen (secondary N) is 1. The molecule has 106 valence electrons. The van der Waals surface area contributed by atoms with E-state index in [9.17, 15) is 4.79 Å². The van der Waals surface area contributed by atoms with Crippen LogP contribution < -0.4 is 16.8 Å². The van der Waals surface area contributed by atoms with E-state index < -0.39 is 12.0 Å². The first kappa shape index (κ1) is 17.1. The topological polar surface area (TPSA) is 101 Å². The second kappa shape index (κ2) is 11.2. The molecule has 2 atom stereocenters. The Bertz CT molecular complexity index is 236. The Hall–Kier alpha value is -0.910. The molecular weight excluding hydrogens is 230 g/mol. The normalized spacial score (nSPS) is 21.8. The predicted molar refractivity (Wildman–Crippen MR) is 74.4 cm³/mol. The summed E-state index contributed by atoms with van der Waals surface area (Å²) in [6, 6.07) is -0.210. The van der Waals surface area contributed by atoms with E-state index in [2.05, 4.69) is 11.1 Å². The van der Waals surface area contributed by atoms with Crippen molar-refractivity contribution in [3.63, 3.8) is 0 Å².